The first kappa shape index (κ1) is 31.2. The summed E-state index contributed by atoms with van der Waals surface area (Å²) >= 11 is 0. The van der Waals surface area contributed by atoms with Crippen LogP contribution in [-0.4, -0.2) is 49.3 Å². The molecule has 9 heteroatoms. The van der Waals surface area contributed by atoms with Crippen LogP contribution >= 0.6 is 0 Å². The topological polar surface area (TPSA) is 117 Å². The van der Waals surface area contributed by atoms with Gasteiger partial charge in [0.25, 0.3) is 0 Å². The number of aliphatic hydroxyl groups excluding tert-OH is 1. The first-order valence-electron chi connectivity index (χ1n) is 12.8. The molecule has 0 fully saturated rings. The SMILES string of the molecule is BC(=O)OCc1ccc(NC(=C)C(CCCCC)NC(=O)C(NC(=O)C(C)(C)CCO)C(C)C)cc1. The quantitative estimate of drug-likeness (QED) is 0.204. The largest absolute Gasteiger partial charge is 0.469 e. The number of carbonyl (C=O) groups excluding carboxylic acids is 3. The van der Waals surface area contributed by atoms with E-state index in [0.717, 1.165) is 30.5 Å². The lowest BCUT2D eigenvalue weighted by Gasteiger charge is -2.30. The smallest absolute Gasteiger partial charge is 0.243 e. The fourth-order valence-electron chi connectivity index (χ4n) is 3.60. The molecular weight excluding hydrogens is 457 g/mol. The first-order valence-corrected chi connectivity index (χ1v) is 12.8. The second-order valence-corrected chi connectivity index (χ2v) is 10.2. The molecule has 0 saturated heterocycles. The van der Waals surface area contributed by atoms with E-state index in [4.69, 9.17) is 4.74 Å². The summed E-state index contributed by atoms with van der Waals surface area (Å²) in [7, 11) is 1.37. The van der Waals surface area contributed by atoms with Crippen molar-refractivity contribution >= 4 is 31.2 Å². The number of unbranched alkanes of at least 4 members (excludes halogenated alkanes) is 2. The van der Waals surface area contributed by atoms with Crippen LogP contribution in [0.4, 0.5) is 10.5 Å². The standard InChI is InChI=1S/C27H44BN3O5/c1-7-8-9-10-22(19(4)29-21-13-11-20(12-14-21)17-36-26(28)35)30-24(33)23(18(2)3)31-25(34)27(5,6)15-16-32/h11-14,18,22-23,29,32H,4,7-10,15-17,28H2,1-3,5-6H3,(H,30,33)(H,31,34). The molecule has 0 spiro atoms. The van der Waals surface area contributed by atoms with Crippen LogP contribution in [-0.2, 0) is 20.9 Å². The molecule has 0 aliphatic rings. The van der Waals surface area contributed by atoms with Gasteiger partial charge in [-0.25, -0.2) is 0 Å². The lowest BCUT2D eigenvalue weighted by Crippen LogP contribution is -2.55. The van der Waals surface area contributed by atoms with Crippen molar-refractivity contribution in [3.8, 4) is 0 Å². The van der Waals surface area contributed by atoms with E-state index in [1.54, 1.807) is 13.8 Å². The van der Waals surface area contributed by atoms with Gasteiger partial charge in [0.2, 0.25) is 25.5 Å². The fraction of sp³-hybridized carbons (Fsp3) is 0.593. The minimum Gasteiger partial charge on any atom is -0.469 e. The van der Waals surface area contributed by atoms with Gasteiger partial charge in [-0.15, -0.1) is 0 Å². The summed E-state index contributed by atoms with van der Waals surface area (Å²) in [6.45, 7) is 13.7. The monoisotopic (exact) mass is 501 g/mol. The predicted molar refractivity (Wildman–Crippen MR) is 146 cm³/mol. The number of nitrogens with one attached hydrogen (secondary N) is 3. The molecule has 200 valence electrons. The molecule has 0 radical (unpaired) electrons. The Balaban J connectivity index is 2.93. The minimum atomic E-state index is -0.782. The second-order valence-electron chi connectivity index (χ2n) is 10.2. The normalized spacial score (nSPS) is 13.0. The maximum atomic E-state index is 13.3. The van der Waals surface area contributed by atoms with Crippen molar-refractivity contribution in [1.82, 2.24) is 10.6 Å². The molecule has 0 aliphatic carbocycles. The summed E-state index contributed by atoms with van der Waals surface area (Å²) in [5.74, 6) is -0.983. The number of ether oxygens (including phenoxy) is 1. The van der Waals surface area contributed by atoms with Crippen molar-refractivity contribution < 1.29 is 24.2 Å². The van der Waals surface area contributed by atoms with Crippen LogP contribution in [0.1, 0.15) is 72.3 Å². The fourth-order valence-corrected chi connectivity index (χ4v) is 3.60. The molecule has 2 amide bonds. The van der Waals surface area contributed by atoms with E-state index in [-0.39, 0.29) is 42.9 Å². The zero-order valence-corrected chi connectivity index (χ0v) is 22.8. The molecule has 0 heterocycles. The van der Waals surface area contributed by atoms with E-state index < -0.39 is 11.5 Å². The van der Waals surface area contributed by atoms with Gasteiger partial charge in [-0.3, -0.25) is 14.4 Å². The van der Waals surface area contributed by atoms with Crippen molar-refractivity contribution in [2.45, 2.75) is 85.4 Å². The van der Waals surface area contributed by atoms with Gasteiger partial charge in [0.1, 0.15) is 12.6 Å². The van der Waals surface area contributed by atoms with Crippen LogP contribution in [0.2, 0.25) is 0 Å². The Morgan fingerprint density at radius 3 is 2.28 bits per heavy atom. The highest BCUT2D eigenvalue weighted by atomic mass is 16.5. The van der Waals surface area contributed by atoms with E-state index in [1.165, 1.54) is 7.85 Å². The van der Waals surface area contributed by atoms with E-state index >= 15 is 0 Å². The van der Waals surface area contributed by atoms with E-state index in [2.05, 4.69) is 29.5 Å². The Bertz CT molecular complexity index is 871. The van der Waals surface area contributed by atoms with Crippen molar-refractivity contribution in [1.29, 1.82) is 0 Å². The van der Waals surface area contributed by atoms with E-state index in [1.807, 2.05) is 38.1 Å². The molecule has 8 nitrogen and oxygen atoms in total. The molecule has 1 rings (SSSR count). The number of anilines is 1. The molecule has 1 aromatic carbocycles. The molecular formula is C27H44BN3O5. The third-order valence-electron chi connectivity index (χ3n) is 6.12. The van der Waals surface area contributed by atoms with Crippen molar-refractivity contribution in [3.63, 3.8) is 0 Å². The number of carbonyl (C=O) groups is 3. The van der Waals surface area contributed by atoms with Crippen LogP contribution in [0.15, 0.2) is 36.5 Å². The van der Waals surface area contributed by atoms with Gasteiger partial charge in [-0.05, 0) is 36.5 Å². The molecule has 0 aromatic heterocycles. The van der Waals surface area contributed by atoms with Crippen molar-refractivity contribution in [2.24, 2.45) is 11.3 Å². The molecule has 0 aliphatic heterocycles. The van der Waals surface area contributed by atoms with Gasteiger partial charge >= 0.3 is 0 Å². The number of rotatable bonds is 16. The molecule has 1 aromatic rings. The zero-order valence-electron chi connectivity index (χ0n) is 22.8. The molecule has 2 atom stereocenters. The van der Waals surface area contributed by atoms with Crippen LogP contribution in [0, 0.1) is 11.3 Å². The van der Waals surface area contributed by atoms with Crippen LogP contribution in [0.3, 0.4) is 0 Å². The molecule has 4 N–H and O–H groups in total. The van der Waals surface area contributed by atoms with Gasteiger partial charge in [0.05, 0.1) is 6.04 Å². The molecule has 36 heavy (non-hydrogen) atoms. The Morgan fingerprint density at radius 2 is 1.75 bits per heavy atom. The summed E-state index contributed by atoms with van der Waals surface area (Å²) < 4.78 is 5.02. The third-order valence-corrected chi connectivity index (χ3v) is 6.12. The van der Waals surface area contributed by atoms with E-state index in [9.17, 15) is 19.5 Å². The van der Waals surface area contributed by atoms with Gasteiger partial charge in [-0.2, -0.15) is 0 Å². The van der Waals surface area contributed by atoms with Gasteiger partial charge in [0, 0.05) is 23.4 Å². The predicted octanol–water partition coefficient (Wildman–Crippen LogP) is 3.50. The number of hydrogen-bond donors (Lipinski definition) is 4. The van der Waals surface area contributed by atoms with Gasteiger partial charge in [0.15, 0.2) is 0 Å². The van der Waals surface area contributed by atoms with Crippen molar-refractivity contribution in [2.75, 3.05) is 11.9 Å². The highest BCUT2D eigenvalue weighted by Gasteiger charge is 2.33. The number of benzene rings is 1. The van der Waals surface area contributed by atoms with E-state index in [0.29, 0.717) is 18.5 Å². The average Bonchev–Trinajstić information content (AvgIpc) is 2.80. The maximum absolute atomic E-state index is 13.3. The molecule has 2 unspecified atom stereocenters. The van der Waals surface area contributed by atoms with Crippen molar-refractivity contribution in [3.05, 3.63) is 42.1 Å². The van der Waals surface area contributed by atoms with Crippen LogP contribution in [0.25, 0.3) is 0 Å². The highest BCUT2D eigenvalue weighted by Crippen LogP contribution is 2.21. The lowest BCUT2D eigenvalue weighted by atomic mass is 9.87. The zero-order chi connectivity index (χ0) is 27.3. The Labute approximate surface area is 217 Å². The number of aliphatic hydroxyl groups is 1. The average molecular weight is 501 g/mol. The summed E-state index contributed by atoms with van der Waals surface area (Å²) in [6.07, 6.45) is 4.03. The summed E-state index contributed by atoms with van der Waals surface area (Å²) in [6, 6.07) is 6.43. The summed E-state index contributed by atoms with van der Waals surface area (Å²) in [4.78, 5) is 37.1. The third kappa shape index (κ3) is 10.9. The molecule has 0 saturated carbocycles. The van der Waals surface area contributed by atoms with Crippen LogP contribution in [0.5, 0.6) is 0 Å². The van der Waals surface area contributed by atoms with Crippen LogP contribution < -0.4 is 16.0 Å². The minimum absolute atomic E-state index is 0.102. The highest BCUT2D eigenvalue weighted by molar-refractivity contribution is 6.55. The van der Waals surface area contributed by atoms with Gasteiger partial charge in [-0.1, -0.05) is 72.6 Å². The number of amides is 2. The van der Waals surface area contributed by atoms with Gasteiger partial charge < -0.3 is 25.8 Å². The Hall–Kier alpha value is -2.81. The maximum Gasteiger partial charge on any atom is 0.243 e. The first-order chi connectivity index (χ1) is 16.9. The number of hydrogen-bond acceptors (Lipinski definition) is 6. The summed E-state index contributed by atoms with van der Waals surface area (Å²) in [5.41, 5.74) is 1.55. The Morgan fingerprint density at radius 1 is 1.11 bits per heavy atom. The molecule has 0 bridgehead atoms. The lowest BCUT2D eigenvalue weighted by molar-refractivity contribution is -0.135. The Kier molecular flexibility index (Phi) is 13.3. The summed E-state index contributed by atoms with van der Waals surface area (Å²) in [5, 5.41) is 18.5. The second kappa shape index (κ2) is 15.3.